The summed E-state index contributed by atoms with van der Waals surface area (Å²) in [5.74, 6) is -3.75. The lowest BCUT2D eigenvalue weighted by molar-refractivity contribution is -0.459. The van der Waals surface area contributed by atoms with Crippen molar-refractivity contribution in [2.75, 3.05) is 19.8 Å². The van der Waals surface area contributed by atoms with Crippen LogP contribution in [0.4, 0.5) is 0 Å². The molecule has 0 radical (unpaired) electrons. The Morgan fingerprint density at radius 3 is 1.71 bits per heavy atom. The van der Waals surface area contributed by atoms with Gasteiger partial charge in [0.05, 0.1) is 43.0 Å². The van der Waals surface area contributed by atoms with Gasteiger partial charge in [-0.2, -0.15) is 0 Å². The lowest BCUT2D eigenvalue weighted by Crippen LogP contribution is -2.99. The molecule has 38 heavy (non-hydrogen) atoms. The third kappa shape index (κ3) is 3.78. The molecule has 2 fully saturated rings. The molecule has 2 aromatic rings. The van der Waals surface area contributed by atoms with Gasteiger partial charge < -0.3 is 40.1 Å². The van der Waals surface area contributed by atoms with E-state index in [1.54, 1.807) is 0 Å². The molecule has 10 nitrogen and oxygen atoms in total. The molecule has 0 bridgehead atoms. The predicted molar refractivity (Wildman–Crippen MR) is 133 cm³/mol. The van der Waals surface area contributed by atoms with Crippen molar-refractivity contribution in [3.63, 3.8) is 0 Å². The minimum Gasteiger partial charge on any atom is -0.462 e. The van der Waals surface area contributed by atoms with Crippen molar-refractivity contribution in [3.05, 3.63) is 70.8 Å². The summed E-state index contributed by atoms with van der Waals surface area (Å²) in [6.07, 6.45) is -2.16. The number of carbonyl (C=O) groups excluding carboxylic acids is 2. The number of benzene rings is 2. The van der Waals surface area contributed by atoms with Crippen LogP contribution in [0.2, 0.25) is 0 Å². The smallest absolute Gasteiger partial charge is 0.338 e. The highest BCUT2D eigenvalue weighted by Crippen LogP contribution is 2.75. The van der Waals surface area contributed by atoms with E-state index >= 15 is 0 Å². The summed E-state index contributed by atoms with van der Waals surface area (Å²) in [5, 5.41) is 66.4. The summed E-state index contributed by atoms with van der Waals surface area (Å²) in [5.41, 5.74) is -6.21. The molecule has 0 aromatic heterocycles. The number of esters is 2. The van der Waals surface area contributed by atoms with Crippen molar-refractivity contribution in [1.82, 2.24) is 0 Å². The summed E-state index contributed by atoms with van der Waals surface area (Å²) in [7, 11) is 0. The minimum absolute atomic E-state index is 0.222. The second-order valence-electron chi connectivity index (χ2n) is 9.99. The summed E-state index contributed by atoms with van der Waals surface area (Å²) >= 11 is 0. The fourth-order valence-corrected chi connectivity index (χ4v) is 6.01. The van der Waals surface area contributed by atoms with Crippen LogP contribution >= 0.6 is 0 Å². The maximum atomic E-state index is 12.2. The number of hydrogen-bond donors (Lipinski definition) is 6. The normalized spacial score (nSPS) is 32.4. The summed E-state index contributed by atoms with van der Waals surface area (Å²) in [4.78, 5) is 24.3. The Balaban J connectivity index is 1.66. The number of ether oxygens (including phenoxy) is 2. The van der Waals surface area contributed by atoms with E-state index < -0.39 is 59.4 Å². The fraction of sp³-hybridized carbons (Fsp3) is 0.500. The number of fused-ring (bicyclic) bond motifs is 1. The molecule has 0 amide bonds. The van der Waals surface area contributed by atoms with Crippen LogP contribution in [0, 0.1) is 0 Å². The molecule has 2 aliphatic carbocycles. The summed E-state index contributed by atoms with van der Waals surface area (Å²) in [6, 6.07) is 11.5. The van der Waals surface area contributed by atoms with Gasteiger partial charge in [0.1, 0.15) is 22.9 Å². The average molecular weight is 531 g/mol. The van der Waals surface area contributed by atoms with E-state index in [9.17, 15) is 40.2 Å². The molecule has 0 saturated heterocycles. The van der Waals surface area contributed by atoms with Crippen LogP contribution in [0.1, 0.15) is 70.4 Å². The van der Waals surface area contributed by atoms with Gasteiger partial charge in [0.2, 0.25) is 0 Å². The zero-order valence-electron chi connectivity index (χ0n) is 21.3. The standard InChI is InChI=1S/C28H34O10/c1-3-13-37-24(32)18-9-5-16(6-10-18)21-23(31)27(35)22(26(34,20(30)15-29)28(21,27)36)17-7-11-19(12-8-17)25(33)38-14-4-2/h5-12,20-23,29-31,34-36H,3-4,13-15H2,1-2H3/t20-,21?,22?,23?,26+,27+,28+/m1/s1. The minimum atomic E-state index is -2.47. The zero-order chi connectivity index (χ0) is 27.9. The quantitative estimate of drug-likeness (QED) is 0.239. The van der Waals surface area contributed by atoms with E-state index in [-0.39, 0.29) is 29.9 Å². The van der Waals surface area contributed by atoms with Crippen molar-refractivity contribution in [3.8, 4) is 0 Å². The van der Waals surface area contributed by atoms with Gasteiger partial charge in [-0.05, 0) is 48.2 Å². The van der Waals surface area contributed by atoms with Gasteiger partial charge >= 0.3 is 11.9 Å². The second kappa shape index (κ2) is 10.4. The van der Waals surface area contributed by atoms with Gasteiger partial charge in [-0.1, -0.05) is 38.1 Å². The molecule has 0 spiro atoms. The first-order valence-corrected chi connectivity index (χ1v) is 12.7. The van der Waals surface area contributed by atoms with E-state index in [0.717, 1.165) is 0 Å². The Kier molecular flexibility index (Phi) is 7.68. The Morgan fingerprint density at radius 2 is 1.29 bits per heavy atom. The molecule has 3 unspecified atom stereocenters. The van der Waals surface area contributed by atoms with Crippen LogP contribution in [0.25, 0.3) is 0 Å². The van der Waals surface area contributed by atoms with Gasteiger partial charge in [-0.3, -0.25) is 0 Å². The summed E-state index contributed by atoms with van der Waals surface area (Å²) < 4.78 is 10.2. The Morgan fingerprint density at radius 1 is 0.842 bits per heavy atom. The van der Waals surface area contributed by atoms with Crippen LogP contribution in [0.3, 0.4) is 0 Å². The molecule has 2 saturated carbocycles. The monoisotopic (exact) mass is 530 g/mol. The Labute approximate surface area is 220 Å². The molecule has 6 N–H and O–H groups in total. The van der Waals surface area contributed by atoms with Crippen molar-refractivity contribution in [1.29, 1.82) is 0 Å². The van der Waals surface area contributed by atoms with Gasteiger partial charge in [0.25, 0.3) is 0 Å². The van der Waals surface area contributed by atoms with E-state index in [0.29, 0.717) is 18.4 Å². The highest BCUT2D eigenvalue weighted by molar-refractivity contribution is 5.90. The molecule has 7 atom stereocenters. The average Bonchev–Trinajstić information content (AvgIpc) is 2.94. The van der Waals surface area contributed by atoms with Crippen LogP contribution in [-0.4, -0.2) is 91.4 Å². The molecule has 0 aliphatic heterocycles. The molecular weight excluding hydrogens is 496 g/mol. The SMILES string of the molecule is CCCOC(=O)c1ccc(C2C(O)[C@@]3(O)C(c4ccc(C(=O)OCCC)cc4)[C@@](O)([C@H](O)CO)[C@@]23O)cc1. The van der Waals surface area contributed by atoms with E-state index in [2.05, 4.69) is 0 Å². The van der Waals surface area contributed by atoms with E-state index in [1.807, 2.05) is 13.8 Å². The Bertz CT molecular complexity index is 1160. The third-order valence-corrected chi connectivity index (χ3v) is 7.86. The van der Waals surface area contributed by atoms with Crippen LogP contribution < -0.4 is 0 Å². The highest BCUT2D eigenvalue weighted by Gasteiger charge is 2.93. The first kappa shape index (κ1) is 28.2. The Hall–Kier alpha value is -2.86. The summed E-state index contributed by atoms with van der Waals surface area (Å²) in [6.45, 7) is 3.28. The van der Waals surface area contributed by atoms with Crippen molar-refractivity contribution in [2.45, 2.75) is 67.5 Å². The largest absolute Gasteiger partial charge is 0.462 e. The van der Waals surface area contributed by atoms with E-state index in [4.69, 9.17) is 9.47 Å². The van der Waals surface area contributed by atoms with Gasteiger partial charge in [0.15, 0.2) is 0 Å². The van der Waals surface area contributed by atoms with Gasteiger partial charge in [-0.15, -0.1) is 0 Å². The van der Waals surface area contributed by atoms with Crippen molar-refractivity contribution < 1.29 is 49.7 Å². The highest BCUT2D eigenvalue weighted by atomic mass is 16.5. The van der Waals surface area contributed by atoms with Crippen LogP contribution in [0.5, 0.6) is 0 Å². The maximum absolute atomic E-state index is 12.2. The second-order valence-corrected chi connectivity index (χ2v) is 9.99. The first-order valence-electron chi connectivity index (χ1n) is 12.7. The van der Waals surface area contributed by atoms with Crippen molar-refractivity contribution >= 4 is 11.9 Å². The molecule has 0 heterocycles. The fourth-order valence-electron chi connectivity index (χ4n) is 6.01. The maximum Gasteiger partial charge on any atom is 0.338 e. The van der Waals surface area contributed by atoms with Crippen molar-refractivity contribution in [2.24, 2.45) is 0 Å². The topological polar surface area (TPSA) is 174 Å². The third-order valence-electron chi connectivity index (χ3n) is 7.86. The van der Waals surface area contributed by atoms with Crippen LogP contribution in [-0.2, 0) is 9.47 Å². The molecule has 2 aliphatic rings. The molecule has 10 heteroatoms. The van der Waals surface area contributed by atoms with E-state index in [1.165, 1.54) is 48.5 Å². The zero-order valence-corrected chi connectivity index (χ0v) is 21.3. The lowest BCUT2D eigenvalue weighted by Gasteiger charge is -2.80. The number of aliphatic hydroxyl groups is 6. The predicted octanol–water partition coefficient (Wildman–Crippen LogP) is 0.622. The molecule has 206 valence electrons. The first-order chi connectivity index (χ1) is 18.0. The number of rotatable bonds is 10. The lowest BCUT2D eigenvalue weighted by atomic mass is 9.30. The molecule has 4 rings (SSSR count). The number of hydrogen-bond acceptors (Lipinski definition) is 10. The number of carbonyl (C=O) groups is 2. The van der Waals surface area contributed by atoms with Gasteiger partial charge in [0, 0.05) is 5.92 Å². The van der Waals surface area contributed by atoms with Gasteiger partial charge in [-0.25, -0.2) is 9.59 Å². The molecular formula is C28H34O10. The molecule has 2 aromatic carbocycles. The van der Waals surface area contributed by atoms with Crippen LogP contribution in [0.15, 0.2) is 48.5 Å². The number of aliphatic hydroxyl groups excluding tert-OH is 3.